The van der Waals surface area contributed by atoms with Crippen molar-refractivity contribution in [1.29, 1.82) is 0 Å². The van der Waals surface area contributed by atoms with E-state index < -0.39 is 0 Å². The highest BCUT2D eigenvalue weighted by molar-refractivity contribution is 7.80. The summed E-state index contributed by atoms with van der Waals surface area (Å²) in [6, 6.07) is 15.5. The van der Waals surface area contributed by atoms with E-state index in [4.69, 9.17) is 0 Å². The first-order valence-electron chi connectivity index (χ1n) is 8.30. The molecule has 0 amide bonds. The van der Waals surface area contributed by atoms with Crippen molar-refractivity contribution in [2.75, 3.05) is 7.05 Å². The van der Waals surface area contributed by atoms with E-state index >= 15 is 0 Å². The zero-order valence-electron chi connectivity index (χ0n) is 14.2. The third-order valence-electron chi connectivity index (χ3n) is 4.25. The van der Waals surface area contributed by atoms with Crippen molar-refractivity contribution in [2.45, 2.75) is 43.9 Å². The first-order valence-corrected chi connectivity index (χ1v) is 8.75. The standard InChI is InChI=1S/C21H27NS/c1-16-14-19(12-13-21(16)23)8-4-6-18-7-5-9-20(15-18)11-10-17(2)22-3/h5,7,9,12-15,22-23H,2,4,6,8,10-11H2,1,3H3. The van der Waals surface area contributed by atoms with Crippen LogP contribution in [0.15, 0.2) is 59.6 Å². The van der Waals surface area contributed by atoms with Gasteiger partial charge in [0.15, 0.2) is 0 Å². The normalized spacial score (nSPS) is 10.6. The SMILES string of the molecule is C=C(CCc1cccc(CCCc2ccc(S)c(C)c2)c1)NC. The van der Waals surface area contributed by atoms with Crippen molar-refractivity contribution in [3.63, 3.8) is 0 Å². The Bertz CT molecular complexity index is 661. The van der Waals surface area contributed by atoms with Crippen LogP contribution in [0.5, 0.6) is 0 Å². The van der Waals surface area contributed by atoms with Gasteiger partial charge in [-0.1, -0.05) is 43.0 Å². The third kappa shape index (κ3) is 5.80. The van der Waals surface area contributed by atoms with Crippen LogP contribution in [-0.4, -0.2) is 7.05 Å². The molecule has 122 valence electrons. The first-order chi connectivity index (χ1) is 11.1. The van der Waals surface area contributed by atoms with Crippen LogP contribution in [0.3, 0.4) is 0 Å². The Labute approximate surface area is 146 Å². The second-order valence-electron chi connectivity index (χ2n) is 6.15. The molecule has 2 aromatic rings. The Balaban J connectivity index is 1.85. The zero-order valence-corrected chi connectivity index (χ0v) is 15.1. The summed E-state index contributed by atoms with van der Waals surface area (Å²) < 4.78 is 0. The molecule has 2 aromatic carbocycles. The number of aryl methyl sites for hydroxylation is 4. The average molecular weight is 326 g/mol. The summed E-state index contributed by atoms with van der Waals surface area (Å²) in [5.74, 6) is 0. The number of hydrogen-bond donors (Lipinski definition) is 2. The number of nitrogens with one attached hydrogen (secondary N) is 1. The molecule has 0 radical (unpaired) electrons. The first kappa shape index (κ1) is 17.7. The Morgan fingerprint density at radius 2 is 1.65 bits per heavy atom. The van der Waals surface area contributed by atoms with Crippen LogP contribution in [0.1, 0.15) is 35.1 Å². The van der Waals surface area contributed by atoms with Crippen molar-refractivity contribution in [3.05, 3.63) is 77.0 Å². The maximum absolute atomic E-state index is 4.44. The fourth-order valence-corrected chi connectivity index (χ4v) is 2.87. The van der Waals surface area contributed by atoms with Crippen LogP contribution in [0, 0.1) is 6.92 Å². The van der Waals surface area contributed by atoms with Gasteiger partial charge < -0.3 is 5.32 Å². The molecule has 0 heterocycles. The summed E-state index contributed by atoms with van der Waals surface area (Å²) in [4.78, 5) is 1.07. The second-order valence-corrected chi connectivity index (χ2v) is 6.63. The monoisotopic (exact) mass is 325 g/mol. The number of rotatable bonds is 8. The van der Waals surface area contributed by atoms with Crippen LogP contribution in [0.2, 0.25) is 0 Å². The summed E-state index contributed by atoms with van der Waals surface area (Å²) in [5, 5.41) is 3.11. The molecule has 0 spiro atoms. The molecule has 0 aliphatic heterocycles. The van der Waals surface area contributed by atoms with E-state index in [1.54, 1.807) is 0 Å². The lowest BCUT2D eigenvalue weighted by atomic mass is 10.00. The Morgan fingerprint density at radius 3 is 2.30 bits per heavy atom. The number of thiol groups is 1. The molecular weight excluding hydrogens is 298 g/mol. The van der Waals surface area contributed by atoms with Crippen molar-refractivity contribution in [2.24, 2.45) is 0 Å². The van der Waals surface area contributed by atoms with Crippen LogP contribution < -0.4 is 5.32 Å². The quantitative estimate of drug-likeness (QED) is 0.642. The van der Waals surface area contributed by atoms with Crippen LogP contribution in [0.25, 0.3) is 0 Å². The topological polar surface area (TPSA) is 12.0 Å². The summed E-state index contributed by atoms with van der Waals surface area (Å²) >= 11 is 4.44. The van der Waals surface area contributed by atoms with Gasteiger partial charge in [-0.15, -0.1) is 12.6 Å². The maximum Gasteiger partial charge on any atom is 0.00694 e. The van der Waals surface area contributed by atoms with Crippen molar-refractivity contribution in [1.82, 2.24) is 5.32 Å². The summed E-state index contributed by atoms with van der Waals surface area (Å²) in [6.45, 7) is 6.11. The zero-order chi connectivity index (χ0) is 16.7. The molecule has 0 saturated carbocycles. The molecule has 1 nitrogen and oxygen atoms in total. The Kier molecular flexibility index (Phi) is 6.79. The summed E-state index contributed by atoms with van der Waals surface area (Å²) in [6.07, 6.45) is 5.47. The average Bonchev–Trinajstić information content (AvgIpc) is 2.56. The van der Waals surface area contributed by atoms with E-state index in [1.807, 2.05) is 7.05 Å². The molecule has 0 saturated heterocycles. The van der Waals surface area contributed by atoms with E-state index in [-0.39, 0.29) is 0 Å². The minimum atomic E-state index is 0.995. The number of hydrogen-bond acceptors (Lipinski definition) is 2. The van der Waals surface area contributed by atoms with Crippen molar-refractivity contribution in [3.8, 4) is 0 Å². The van der Waals surface area contributed by atoms with Gasteiger partial charge in [-0.3, -0.25) is 0 Å². The van der Waals surface area contributed by atoms with Gasteiger partial charge in [0.05, 0.1) is 0 Å². The van der Waals surface area contributed by atoms with Gasteiger partial charge >= 0.3 is 0 Å². The molecular formula is C21H27NS. The highest BCUT2D eigenvalue weighted by Gasteiger charge is 2.01. The van der Waals surface area contributed by atoms with Crippen LogP contribution in [0.4, 0.5) is 0 Å². The molecule has 0 aliphatic rings. The van der Waals surface area contributed by atoms with Crippen LogP contribution in [-0.2, 0) is 19.3 Å². The predicted molar refractivity (Wildman–Crippen MR) is 103 cm³/mol. The molecule has 0 bridgehead atoms. The van der Waals surface area contributed by atoms with Crippen molar-refractivity contribution < 1.29 is 0 Å². The lowest BCUT2D eigenvalue weighted by Gasteiger charge is -2.08. The van der Waals surface area contributed by atoms with Crippen LogP contribution >= 0.6 is 12.6 Å². The van der Waals surface area contributed by atoms with E-state index in [1.165, 1.54) is 28.7 Å². The van der Waals surface area contributed by atoms with Gasteiger partial charge in [-0.25, -0.2) is 0 Å². The van der Waals surface area contributed by atoms with Crippen molar-refractivity contribution >= 4 is 12.6 Å². The largest absolute Gasteiger partial charge is 0.392 e. The third-order valence-corrected chi connectivity index (χ3v) is 4.75. The van der Waals surface area contributed by atoms with Gasteiger partial charge in [0.1, 0.15) is 0 Å². The molecule has 2 heteroatoms. The van der Waals surface area contributed by atoms with Gasteiger partial charge in [-0.05, 0) is 67.3 Å². The van der Waals surface area contributed by atoms with E-state index in [2.05, 4.69) is 73.9 Å². The highest BCUT2D eigenvalue weighted by atomic mass is 32.1. The molecule has 0 fully saturated rings. The minimum Gasteiger partial charge on any atom is -0.392 e. The lowest BCUT2D eigenvalue weighted by molar-refractivity contribution is 0.811. The molecule has 2 rings (SSSR count). The molecule has 0 aliphatic carbocycles. The maximum atomic E-state index is 4.44. The van der Waals surface area contributed by atoms with E-state index in [0.717, 1.165) is 36.3 Å². The second kappa shape index (κ2) is 8.83. The van der Waals surface area contributed by atoms with Gasteiger partial charge in [-0.2, -0.15) is 0 Å². The fourth-order valence-electron chi connectivity index (χ4n) is 2.73. The Hall–Kier alpha value is -1.67. The number of benzene rings is 2. The molecule has 1 N–H and O–H groups in total. The summed E-state index contributed by atoms with van der Waals surface area (Å²) in [5.41, 5.74) is 6.59. The number of allylic oxidation sites excluding steroid dienone is 1. The van der Waals surface area contributed by atoms with E-state index in [0.29, 0.717) is 0 Å². The highest BCUT2D eigenvalue weighted by Crippen LogP contribution is 2.17. The molecule has 23 heavy (non-hydrogen) atoms. The minimum absolute atomic E-state index is 0.995. The summed E-state index contributed by atoms with van der Waals surface area (Å²) in [7, 11) is 1.93. The predicted octanol–water partition coefficient (Wildman–Crippen LogP) is 5.12. The smallest absolute Gasteiger partial charge is 0.00694 e. The Morgan fingerprint density at radius 1 is 1.00 bits per heavy atom. The molecule has 0 unspecified atom stereocenters. The fraction of sp³-hybridized carbons (Fsp3) is 0.333. The molecule has 0 aromatic heterocycles. The van der Waals surface area contributed by atoms with E-state index in [9.17, 15) is 0 Å². The lowest BCUT2D eigenvalue weighted by Crippen LogP contribution is -2.05. The van der Waals surface area contributed by atoms with Gasteiger partial charge in [0, 0.05) is 17.6 Å². The van der Waals surface area contributed by atoms with Gasteiger partial charge in [0.25, 0.3) is 0 Å². The van der Waals surface area contributed by atoms with Gasteiger partial charge in [0.2, 0.25) is 0 Å². The molecule has 0 atom stereocenters.